The monoisotopic (exact) mass is 515 g/mol. The van der Waals surface area contributed by atoms with Gasteiger partial charge < -0.3 is 10.2 Å². The number of nitrogens with zero attached hydrogens (tertiary/aromatic N) is 5. The van der Waals surface area contributed by atoms with Gasteiger partial charge >= 0.3 is 0 Å². The number of nitrogens with one attached hydrogen (secondary N) is 2. The molecule has 1 saturated heterocycles. The zero-order valence-electron chi connectivity index (χ0n) is 20.8. The van der Waals surface area contributed by atoms with Gasteiger partial charge in [0.25, 0.3) is 0 Å². The maximum absolute atomic E-state index is 12.6. The number of anilines is 3. The average molecular weight is 516 g/mol. The lowest BCUT2D eigenvalue weighted by Crippen LogP contribution is -2.59. The second kappa shape index (κ2) is 9.35. The highest BCUT2D eigenvalue weighted by atomic mass is 32.2. The summed E-state index contributed by atoms with van der Waals surface area (Å²) in [6.07, 6.45) is 8.95. The molecule has 2 atom stereocenters. The molecule has 0 bridgehead atoms. The van der Waals surface area contributed by atoms with Crippen LogP contribution in [0.1, 0.15) is 31.2 Å². The van der Waals surface area contributed by atoms with Crippen molar-refractivity contribution < 1.29 is 8.42 Å². The quantitative estimate of drug-likeness (QED) is 0.395. The van der Waals surface area contributed by atoms with Gasteiger partial charge in [0.05, 0.1) is 17.8 Å². The molecule has 1 aromatic carbocycles. The fourth-order valence-corrected chi connectivity index (χ4v) is 6.39. The van der Waals surface area contributed by atoms with Crippen molar-refractivity contribution in [3.05, 3.63) is 66.6 Å². The molecule has 2 N–H and O–H groups in total. The highest BCUT2D eigenvalue weighted by Gasteiger charge is 2.37. The van der Waals surface area contributed by atoms with Crippen LogP contribution in [0.2, 0.25) is 0 Å². The number of pyridine rings is 2. The highest BCUT2D eigenvalue weighted by molar-refractivity contribution is 7.91. The normalized spacial score (nSPS) is 20.2. The average Bonchev–Trinajstić information content (AvgIpc) is 3.74. The fourth-order valence-electron chi connectivity index (χ4n) is 5.11. The maximum atomic E-state index is 12.6. The molecule has 3 aromatic heterocycles. The van der Waals surface area contributed by atoms with E-state index in [4.69, 9.17) is 9.97 Å². The van der Waals surface area contributed by atoms with E-state index in [0.717, 1.165) is 46.4 Å². The molecular weight excluding hydrogens is 486 g/mol. The number of aromatic nitrogens is 4. The summed E-state index contributed by atoms with van der Waals surface area (Å²) >= 11 is 0. The molecule has 190 valence electrons. The molecule has 4 heterocycles. The fraction of sp³-hybridized carbons (Fsp3) is 0.333. The van der Waals surface area contributed by atoms with Crippen LogP contribution in [0.25, 0.3) is 22.3 Å². The van der Waals surface area contributed by atoms with Gasteiger partial charge in [0.1, 0.15) is 17.0 Å². The molecule has 37 heavy (non-hydrogen) atoms. The molecule has 10 heteroatoms. The van der Waals surface area contributed by atoms with Gasteiger partial charge in [-0.15, -0.1) is 0 Å². The summed E-state index contributed by atoms with van der Waals surface area (Å²) in [4.78, 5) is 21.1. The van der Waals surface area contributed by atoms with Gasteiger partial charge in [-0.3, -0.25) is 10.3 Å². The van der Waals surface area contributed by atoms with Crippen molar-refractivity contribution in [1.82, 2.24) is 25.3 Å². The minimum absolute atomic E-state index is 0.303. The van der Waals surface area contributed by atoms with Crippen molar-refractivity contribution in [1.29, 1.82) is 0 Å². The lowest BCUT2D eigenvalue weighted by molar-refractivity contribution is 0.444. The molecule has 2 aliphatic rings. The number of hydrogen-bond acceptors (Lipinski definition) is 9. The van der Waals surface area contributed by atoms with E-state index in [1.807, 2.05) is 55.6 Å². The number of fused-ring (bicyclic) bond motifs is 1. The van der Waals surface area contributed by atoms with Crippen LogP contribution in [0.3, 0.4) is 0 Å². The van der Waals surface area contributed by atoms with E-state index in [0.29, 0.717) is 30.6 Å². The van der Waals surface area contributed by atoms with Crippen LogP contribution in [0.4, 0.5) is 17.3 Å². The topological polar surface area (TPSA) is 113 Å². The van der Waals surface area contributed by atoms with Gasteiger partial charge in [-0.05, 0) is 55.5 Å². The maximum Gasteiger partial charge on any atom is 0.165 e. The molecule has 0 radical (unpaired) electrons. The highest BCUT2D eigenvalue weighted by Crippen LogP contribution is 2.45. The Hall–Kier alpha value is -3.63. The van der Waals surface area contributed by atoms with E-state index >= 15 is 0 Å². The molecule has 6 rings (SSSR count). The van der Waals surface area contributed by atoms with Gasteiger partial charge in [0.2, 0.25) is 0 Å². The molecular formula is C27H29N7O2S. The molecule has 4 aromatic rings. The van der Waals surface area contributed by atoms with Gasteiger partial charge in [-0.25, -0.2) is 23.4 Å². The van der Waals surface area contributed by atoms with E-state index in [1.165, 1.54) is 6.26 Å². The van der Waals surface area contributed by atoms with Crippen LogP contribution in [-0.2, 0) is 9.84 Å². The molecule has 0 spiro atoms. The second-order valence-electron chi connectivity index (χ2n) is 9.83. The first-order valence-corrected chi connectivity index (χ1v) is 14.5. The second-order valence-corrected chi connectivity index (χ2v) is 12.0. The number of rotatable bonds is 6. The van der Waals surface area contributed by atoms with E-state index < -0.39 is 15.2 Å². The summed E-state index contributed by atoms with van der Waals surface area (Å²) in [5, 5.41) is 6.80. The van der Waals surface area contributed by atoms with E-state index in [1.54, 1.807) is 12.4 Å². The Kier molecular flexibility index (Phi) is 6.00. The molecule has 0 amide bonds. The Bertz CT molecular complexity index is 1560. The van der Waals surface area contributed by atoms with Crippen LogP contribution >= 0.6 is 0 Å². The Morgan fingerprint density at radius 3 is 2.65 bits per heavy atom. The van der Waals surface area contributed by atoms with Gasteiger partial charge in [0.15, 0.2) is 15.7 Å². The van der Waals surface area contributed by atoms with Crippen molar-refractivity contribution in [2.75, 3.05) is 29.6 Å². The number of hydrogen-bond donors (Lipinski definition) is 2. The largest absolute Gasteiger partial charge is 0.349 e. The minimum Gasteiger partial charge on any atom is -0.349 e. The predicted molar refractivity (Wildman–Crippen MR) is 146 cm³/mol. The smallest absolute Gasteiger partial charge is 0.165 e. The third kappa shape index (κ3) is 4.74. The Morgan fingerprint density at radius 2 is 1.89 bits per heavy atom. The van der Waals surface area contributed by atoms with Crippen molar-refractivity contribution in [2.45, 2.75) is 37.1 Å². The number of piperazine rings is 1. The SMILES string of the molecule is CC1C(S(C)(=O)=O)NCCN1c1nc(-c2ccnc(Nc3ccccc3)c2)nc2cncc(C3CC3)c12. The molecule has 2 fully saturated rings. The van der Waals surface area contributed by atoms with Crippen LogP contribution in [0, 0.1) is 0 Å². The van der Waals surface area contributed by atoms with Crippen molar-refractivity contribution in [3.8, 4) is 11.4 Å². The lowest BCUT2D eigenvalue weighted by atomic mass is 10.1. The number of para-hydroxylation sites is 1. The minimum atomic E-state index is -3.31. The van der Waals surface area contributed by atoms with Gasteiger partial charge in [-0.1, -0.05) is 18.2 Å². The summed E-state index contributed by atoms with van der Waals surface area (Å²) in [6, 6.07) is 13.4. The first-order valence-electron chi connectivity index (χ1n) is 12.5. The summed E-state index contributed by atoms with van der Waals surface area (Å²) < 4.78 is 25.1. The van der Waals surface area contributed by atoms with Crippen molar-refractivity contribution in [2.24, 2.45) is 0 Å². The number of sulfone groups is 1. The first kappa shape index (κ1) is 23.7. The predicted octanol–water partition coefficient (Wildman–Crippen LogP) is 3.88. The van der Waals surface area contributed by atoms with Crippen molar-refractivity contribution >= 4 is 38.1 Å². The Labute approximate surface area is 216 Å². The molecule has 1 aliphatic carbocycles. The van der Waals surface area contributed by atoms with Gasteiger partial charge in [-0.2, -0.15) is 0 Å². The number of benzene rings is 1. The Morgan fingerprint density at radius 1 is 1.08 bits per heavy atom. The zero-order valence-corrected chi connectivity index (χ0v) is 21.6. The molecule has 2 unspecified atom stereocenters. The summed E-state index contributed by atoms with van der Waals surface area (Å²) in [5.74, 6) is 2.45. The van der Waals surface area contributed by atoms with Crippen LogP contribution in [0.15, 0.2) is 61.1 Å². The third-order valence-corrected chi connectivity index (χ3v) is 8.54. The van der Waals surface area contributed by atoms with Crippen LogP contribution in [0.5, 0.6) is 0 Å². The van der Waals surface area contributed by atoms with Crippen molar-refractivity contribution in [3.63, 3.8) is 0 Å². The van der Waals surface area contributed by atoms with E-state index in [9.17, 15) is 8.42 Å². The summed E-state index contributed by atoms with van der Waals surface area (Å²) in [6.45, 7) is 3.13. The third-order valence-electron chi connectivity index (χ3n) is 7.06. The van der Waals surface area contributed by atoms with Crippen LogP contribution < -0.4 is 15.5 Å². The Balaban J connectivity index is 1.48. The zero-order chi connectivity index (χ0) is 25.6. The first-order chi connectivity index (χ1) is 17.9. The standard InChI is InChI=1S/C27H29N7O2S/c1-17-27(37(2,35)36)30-12-13-34(17)26-24-21(18-8-9-18)15-28-16-22(24)32-25(33-26)19-10-11-29-23(14-19)31-20-6-4-3-5-7-20/h3-7,10-11,14-18,27,30H,8-9,12-13H2,1-2H3,(H,29,31). The van der Waals surface area contributed by atoms with E-state index in [-0.39, 0.29) is 6.04 Å². The lowest BCUT2D eigenvalue weighted by Gasteiger charge is -2.40. The molecule has 1 aliphatic heterocycles. The van der Waals surface area contributed by atoms with Gasteiger partial charge in [0, 0.05) is 48.4 Å². The summed E-state index contributed by atoms with van der Waals surface area (Å²) in [7, 11) is -3.31. The summed E-state index contributed by atoms with van der Waals surface area (Å²) in [5.41, 5.74) is 3.66. The molecule has 9 nitrogen and oxygen atoms in total. The van der Waals surface area contributed by atoms with Crippen LogP contribution in [-0.4, -0.2) is 59.1 Å². The van der Waals surface area contributed by atoms with E-state index in [2.05, 4.69) is 25.5 Å². The molecule has 1 saturated carbocycles.